The Kier molecular flexibility index (Phi) is 16.0. The van der Waals surface area contributed by atoms with Gasteiger partial charge in [-0.15, -0.1) is 0 Å². The van der Waals surface area contributed by atoms with Gasteiger partial charge in [0.05, 0.1) is 6.61 Å². The number of hydrogen-bond acceptors (Lipinski definition) is 2. The first-order valence-electron chi connectivity index (χ1n) is 10.2. The molecule has 0 bridgehead atoms. The van der Waals surface area contributed by atoms with E-state index >= 15 is 0 Å². The predicted octanol–water partition coefficient (Wildman–Crippen LogP) is 6.91. The van der Waals surface area contributed by atoms with E-state index in [0.29, 0.717) is 18.9 Å². The molecule has 0 N–H and O–H groups in total. The molecule has 0 atom stereocenters. The van der Waals surface area contributed by atoms with Crippen molar-refractivity contribution in [2.24, 2.45) is 11.8 Å². The van der Waals surface area contributed by atoms with E-state index < -0.39 is 0 Å². The van der Waals surface area contributed by atoms with Gasteiger partial charge in [0.25, 0.3) is 0 Å². The maximum Gasteiger partial charge on any atom is 0.305 e. The molecule has 0 saturated heterocycles. The molecule has 0 aromatic carbocycles. The van der Waals surface area contributed by atoms with E-state index in [4.69, 9.17) is 4.74 Å². The van der Waals surface area contributed by atoms with Gasteiger partial charge < -0.3 is 4.74 Å². The lowest BCUT2D eigenvalue weighted by molar-refractivity contribution is -0.144. The molecule has 0 heterocycles. The van der Waals surface area contributed by atoms with Gasteiger partial charge in [0, 0.05) is 6.42 Å². The second-order valence-electron chi connectivity index (χ2n) is 7.87. The predicted molar refractivity (Wildman–Crippen MR) is 101 cm³/mol. The van der Waals surface area contributed by atoms with Crippen molar-refractivity contribution in [2.75, 3.05) is 6.61 Å². The first-order valence-corrected chi connectivity index (χ1v) is 10.2. The zero-order valence-electron chi connectivity index (χ0n) is 16.4. The average molecular weight is 327 g/mol. The lowest BCUT2D eigenvalue weighted by Gasteiger charge is -2.07. The minimum atomic E-state index is -0.00736. The van der Waals surface area contributed by atoms with Gasteiger partial charge in [-0.2, -0.15) is 0 Å². The largest absolute Gasteiger partial charge is 0.466 e. The third kappa shape index (κ3) is 19.4. The second-order valence-corrected chi connectivity index (χ2v) is 7.87. The summed E-state index contributed by atoms with van der Waals surface area (Å²) in [6.45, 7) is 9.52. The average Bonchev–Trinajstić information content (AvgIpc) is 2.47. The molecule has 0 aromatic heterocycles. The van der Waals surface area contributed by atoms with Crippen molar-refractivity contribution in [3.8, 4) is 0 Å². The number of carbonyl (C=O) groups is 1. The fourth-order valence-corrected chi connectivity index (χ4v) is 2.72. The summed E-state index contributed by atoms with van der Waals surface area (Å²) in [5.74, 6) is 1.47. The maximum atomic E-state index is 11.5. The van der Waals surface area contributed by atoms with Crippen LogP contribution < -0.4 is 0 Å². The van der Waals surface area contributed by atoms with Crippen molar-refractivity contribution in [3.63, 3.8) is 0 Å². The Balaban J connectivity index is 3.14. The summed E-state index contributed by atoms with van der Waals surface area (Å²) in [6.07, 6.45) is 16.1. The summed E-state index contributed by atoms with van der Waals surface area (Å²) in [6, 6.07) is 0. The summed E-state index contributed by atoms with van der Waals surface area (Å²) < 4.78 is 5.22. The van der Waals surface area contributed by atoms with E-state index in [1.165, 1.54) is 64.2 Å². The molecule has 0 unspecified atom stereocenters. The van der Waals surface area contributed by atoms with Gasteiger partial charge in [0.1, 0.15) is 0 Å². The van der Waals surface area contributed by atoms with Crippen LogP contribution in [-0.4, -0.2) is 12.6 Å². The van der Waals surface area contributed by atoms with Crippen LogP contribution in [0.2, 0.25) is 0 Å². The first kappa shape index (κ1) is 22.5. The maximum absolute atomic E-state index is 11.5. The van der Waals surface area contributed by atoms with E-state index in [2.05, 4.69) is 27.7 Å². The third-order valence-corrected chi connectivity index (χ3v) is 4.37. The van der Waals surface area contributed by atoms with Crippen molar-refractivity contribution >= 4 is 5.97 Å². The van der Waals surface area contributed by atoms with Gasteiger partial charge in [-0.05, 0) is 24.7 Å². The third-order valence-electron chi connectivity index (χ3n) is 4.37. The lowest BCUT2D eigenvalue weighted by Crippen LogP contribution is -2.07. The fourth-order valence-electron chi connectivity index (χ4n) is 2.72. The standard InChI is InChI=1S/C21H42O2/c1-19(2)15-13-11-9-7-5-6-8-10-12-14-16-21(22)23-18-17-20(3)4/h19-20H,5-18H2,1-4H3. The van der Waals surface area contributed by atoms with E-state index in [-0.39, 0.29) is 5.97 Å². The Bertz CT molecular complexity index is 259. The summed E-state index contributed by atoms with van der Waals surface area (Å²) in [7, 11) is 0. The molecule has 0 radical (unpaired) electrons. The van der Waals surface area contributed by atoms with E-state index in [1.54, 1.807) is 0 Å². The van der Waals surface area contributed by atoms with Crippen LogP contribution in [0.15, 0.2) is 0 Å². The Morgan fingerprint density at radius 2 is 1.09 bits per heavy atom. The smallest absolute Gasteiger partial charge is 0.305 e. The molecule has 0 spiro atoms. The summed E-state index contributed by atoms with van der Waals surface area (Å²) >= 11 is 0. The number of esters is 1. The molecule has 0 aliphatic carbocycles. The number of hydrogen-bond donors (Lipinski definition) is 0. The van der Waals surface area contributed by atoms with E-state index in [1.807, 2.05) is 0 Å². The second kappa shape index (κ2) is 16.3. The van der Waals surface area contributed by atoms with Crippen molar-refractivity contribution < 1.29 is 9.53 Å². The monoisotopic (exact) mass is 326 g/mol. The van der Waals surface area contributed by atoms with Crippen molar-refractivity contribution in [1.82, 2.24) is 0 Å². The highest BCUT2D eigenvalue weighted by Gasteiger charge is 2.03. The zero-order valence-corrected chi connectivity index (χ0v) is 16.4. The molecule has 138 valence electrons. The van der Waals surface area contributed by atoms with Crippen LogP contribution in [-0.2, 0) is 9.53 Å². The van der Waals surface area contributed by atoms with Crippen LogP contribution in [0.3, 0.4) is 0 Å². The number of rotatable bonds is 16. The quantitative estimate of drug-likeness (QED) is 0.227. The molecule has 23 heavy (non-hydrogen) atoms. The van der Waals surface area contributed by atoms with Gasteiger partial charge >= 0.3 is 5.97 Å². The topological polar surface area (TPSA) is 26.3 Å². The van der Waals surface area contributed by atoms with Crippen molar-refractivity contribution in [1.29, 1.82) is 0 Å². The molecule has 0 amide bonds. The first-order chi connectivity index (χ1) is 11.0. The van der Waals surface area contributed by atoms with Gasteiger partial charge in [0.2, 0.25) is 0 Å². The van der Waals surface area contributed by atoms with Crippen LogP contribution in [0, 0.1) is 11.8 Å². The van der Waals surface area contributed by atoms with Gasteiger partial charge in [-0.3, -0.25) is 4.79 Å². The molecule has 0 rings (SSSR count). The molecule has 0 aromatic rings. The molecule has 2 heteroatoms. The Morgan fingerprint density at radius 3 is 1.57 bits per heavy atom. The summed E-state index contributed by atoms with van der Waals surface area (Å²) in [5.41, 5.74) is 0. The highest BCUT2D eigenvalue weighted by molar-refractivity contribution is 5.69. The van der Waals surface area contributed by atoms with Crippen LogP contribution >= 0.6 is 0 Å². The summed E-state index contributed by atoms with van der Waals surface area (Å²) in [5, 5.41) is 0. The van der Waals surface area contributed by atoms with Crippen LogP contribution in [0.1, 0.15) is 111 Å². The number of carbonyl (C=O) groups excluding carboxylic acids is 1. The zero-order chi connectivity index (χ0) is 17.3. The minimum absolute atomic E-state index is 0.00736. The normalized spacial score (nSPS) is 11.4. The lowest BCUT2D eigenvalue weighted by atomic mass is 10.0. The molecular formula is C21H42O2. The van der Waals surface area contributed by atoms with E-state index in [0.717, 1.165) is 18.8 Å². The molecule has 0 aliphatic rings. The molecule has 0 fully saturated rings. The van der Waals surface area contributed by atoms with E-state index in [9.17, 15) is 4.79 Å². The van der Waals surface area contributed by atoms with Crippen LogP contribution in [0.5, 0.6) is 0 Å². The highest BCUT2D eigenvalue weighted by Crippen LogP contribution is 2.14. The molecule has 2 nitrogen and oxygen atoms in total. The molecule has 0 aliphatic heterocycles. The Labute approximate surface area is 145 Å². The van der Waals surface area contributed by atoms with Crippen LogP contribution in [0.4, 0.5) is 0 Å². The minimum Gasteiger partial charge on any atom is -0.466 e. The summed E-state index contributed by atoms with van der Waals surface area (Å²) in [4.78, 5) is 11.5. The van der Waals surface area contributed by atoms with Gasteiger partial charge in [0.15, 0.2) is 0 Å². The molecular weight excluding hydrogens is 284 g/mol. The van der Waals surface area contributed by atoms with Crippen molar-refractivity contribution in [2.45, 2.75) is 111 Å². The number of unbranched alkanes of at least 4 members (excludes halogenated alkanes) is 9. The van der Waals surface area contributed by atoms with Gasteiger partial charge in [-0.25, -0.2) is 0 Å². The number of ether oxygens (including phenoxy) is 1. The Hall–Kier alpha value is -0.530. The molecule has 0 saturated carbocycles. The SMILES string of the molecule is CC(C)CCCCCCCCCCCCC(=O)OCCC(C)C. The van der Waals surface area contributed by atoms with Crippen molar-refractivity contribution in [3.05, 3.63) is 0 Å². The Morgan fingerprint density at radius 1 is 0.652 bits per heavy atom. The van der Waals surface area contributed by atoms with Gasteiger partial charge in [-0.1, -0.05) is 91.9 Å². The van der Waals surface area contributed by atoms with Crippen LogP contribution in [0.25, 0.3) is 0 Å². The highest BCUT2D eigenvalue weighted by atomic mass is 16.5. The fraction of sp³-hybridized carbons (Fsp3) is 0.952.